The third kappa shape index (κ3) is 4.77. The van der Waals surface area contributed by atoms with Crippen LogP contribution in [0.2, 0.25) is 10.0 Å². The van der Waals surface area contributed by atoms with Crippen molar-refractivity contribution in [1.82, 2.24) is 5.32 Å². The van der Waals surface area contributed by atoms with Crippen molar-refractivity contribution < 1.29 is 4.39 Å². The fourth-order valence-electron chi connectivity index (χ4n) is 2.88. The van der Waals surface area contributed by atoms with Crippen LogP contribution in [0.5, 0.6) is 0 Å². The molecule has 0 radical (unpaired) electrons. The van der Waals surface area contributed by atoms with Gasteiger partial charge in [0, 0.05) is 41.4 Å². The Morgan fingerprint density at radius 3 is 2.76 bits per heavy atom. The molecule has 1 saturated heterocycles. The van der Waals surface area contributed by atoms with Gasteiger partial charge in [-0.15, -0.1) is 12.4 Å². The fourth-order valence-corrected chi connectivity index (χ4v) is 3.35. The lowest BCUT2D eigenvalue weighted by Crippen LogP contribution is -2.32. The summed E-state index contributed by atoms with van der Waals surface area (Å²) in [6.45, 7) is 2.34. The molecule has 7 heteroatoms. The van der Waals surface area contributed by atoms with Crippen LogP contribution < -0.4 is 10.2 Å². The van der Waals surface area contributed by atoms with E-state index in [0.717, 1.165) is 30.8 Å². The maximum atomic E-state index is 13.4. The molecule has 0 bridgehead atoms. The van der Waals surface area contributed by atoms with Crippen LogP contribution in [0.25, 0.3) is 0 Å². The first-order valence-electron chi connectivity index (χ1n) is 7.68. The Kier molecular flexibility index (Phi) is 6.92. The molecule has 0 aliphatic carbocycles. The Labute approximate surface area is 162 Å². The molecule has 1 aliphatic heterocycles. The highest BCUT2D eigenvalue weighted by Crippen LogP contribution is 2.24. The van der Waals surface area contributed by atoms with Crippen molar-refractivity contribution >= 4 is 41.3 Å². The Morgan fingerprint density at radius 1 is 1.24 bits per heavy atom. The van der Waals surface area contributed by atoms with E-state index in [0.29, 0.717) is 22.6 Å². The molecule has 2 aromatic rings. The summed E-state index contributed by atoms with van der Waals surface area (Å²) in [6.07, 6.45) is 0.977. The monoisotopic (exact) mass is 399 g/mol. The van der Waals surface area contributed by atoms with E-state index < -0.39 is 5.82 Å². The van der Waals surface area contributed by atoms with Gasteiger partial charge in [0.1, 0.15) is 11.9 Å². The average Bonchev–Trinajstić information content (AvgIpc) is 3.03. The van der Waals surface area contributed by atoms with Gasteiger partial charge in [-0.1, -0.05) is 29.3 Å². The number of benzene rings is 2. The Morgan fingerprint density at radius 2 is 2.04 bits per heavy atom. The summed E-state index contributed by atoms with van der Waals surface area (Å²) in [5, 5.41) is 13.7. The highest BCUT2D eigenvalue weighted by atomic mass is 35.5. The Hall–Kier alpha value is -1.51. The highest BCUT2D eigenvalue weighted by molar-refractivity contribution is 6.35. The van der Waals surface area contributed by atoms with Crippen molar-refractivity contribution in [3.8, 4) is 6.07 Å². The molecule has 25 heavy (non-hydrogen) atoms. The van der Waals surface area contributed by atoms with Gasteiger partial charge >= 0.3 is 0 Å². The first kappa shape index (κ1) is 19.8. The molecule has 0 amide bonds. The molecule has 0 unspecified atom stereocenters. The molecule has 0 aromatic heterocycles. The molecule has 1 fully saturated rings. The molecule has 3 rings (SSSR count). The first-order valence-corrected chi connectivity index (χ1v) is 8.44. The molecule has 132 valence electrons. The summed E-state index contributed by atoms with van der Waals surface area (Å²) >= 11 is 12.1. The van der Waals surface area contributed by atoms with Gasteiger partial charge in [-0.2, -0.15) is 5.26 Å². The van der Waals surface area contributed by atoms with Crippen molar-refractivity contribution in [1.29, 1.82) is 5.26 Å². The summed E-state index contributed by atoms with van der Waals surface area (Å²) in [5.74, 6) is -0.479. The third-order valence-corrected chi connectivity index (χ3v) is 4.81. The fraction of sp³-hybridized carbons (Fsp3) is 0.278. The van der Waals surface area contributed by atoms with Crippen LogP contribution in [-0.2, 0) is 6.54 Å². The predicted molar refractivity (Wildman–Crippen MR) is 102 cm³/mol. The number of nitrogens with zero attached hydrogens (tertiary/aromatic N) is 2. The minimum Gasteiger partial charge on any atom is -0.370 e. The van der Waals surface area contributed by atoms with Gasteiger partial charge < -0.3 is 10.2 Å². The topological polar surface area (TPSA) is 39.1 Å². The van der Waals surface area contributed by atoms with E-state index in [2.05, 4.69) is 10.2 Å². The quantitative estimate of drug-likeness (QED) is 0.801. The molecule has 0 spiro atoms. The number of hydrogen-bond acceptors (Lipinski definition) is 3. The lowest BCUT2D eigenvalue weighted by atomic mass is 10.2. The van der Waals surface area contributed by atoms with Crippen LogP contribution in [0, 0.1) is 17.1 Å². The lowest BCUT2D eigenvalue weighted by Gasteiger charge is -2.19. The summed E-state index contributed by atoms with van der Waals surface area (Å²) in [5.41, 5.74) is 1.96. The highest BCUT2D eigenvalue weighted by Gasteiger charge is 2.23. The molecule has 1 N–H and O–H groups in total. The van der Waals surface area contributed by atoms with Crippen LogP contribution in [0.4, 0.5) is 10.1 Å². The standard InChI is InChI=1S/C18H16Cl2FN3.ClH/c19-14-2-1-12(17(20)8-14)10-23-15-5-6-24(11-15)16-3-4-18(21)13(7-16)9-22;/h1-4,7-8,15,23H,5-6,10-11H2;1H/t15-;/m0./s1. The second-order valence-corrected chi connectivity index (χ2v) is 6.67. The van der Waals surface area contributed by atoms with Gasteiger partial charge in [0.2, 0.25) is 0 Å². The first-order chi connectivity index (χ1) is 11.6. The van der Waals surface area contributed by atoms with E-state index >= 15 is 0 Å². The maximum Gasteiger partial charge on any atom is 0.141 e. The normalized spacial score (nSPS) is 16.4. The molecule has 1 heterocycles. The number of nitriles is 1. The Balaban J connectivity index is 0.00000225. The molecule has 1 aliphatic rings. The van der Waals surface area contributed by atoms with E-state index in [1.54, 1.807) is 18.2 Å². The largest absolute Gasteiger partial charge is 0.370 e. The molecule has 1 atom stereocenters. The van der Waals surface area contributed by atoms with Crippen LogP contribution >= 0.6 is 35.6 Å². The van der Waals surface area contributed by atoms with Crippen molar-refractivity contribution in [2.24, 2.45) is 0 Å². The SMILES string of the molecule is Cl.N#Cc1cc(N2CC[C@H](NCc3ccc(Cl)cc3Cl)C2)ccc1F. The third-order valence-electron chi connectivity index (χ3n) is 4.22. The number of anilines is 1. The van der Waals surface area contributed by atoms with Gasteiger partial charge in [-0.25, -0.2) is 4.39 Å². The van der Waals surface area contributed by atoms with Gasteiger partial charge in [0.05, 0.1) is 5.56 Å². The number of halogens is 4. The van der Waals surface area contributed by atoms with Crippen LogP contribution in [0.15, 0.2) is 36.4 Å². The van der Waals surface area contributed by atoms with Gasteiger partial charge in [-0.3, -0.25) is 0 Å². The second-order valence-electron chi connectivity index (χ2n) is 5.82. The molecule has 2 aromatic carbocycles. The maximum absolute atomic E-state index is 13.4. The molecule has 3 nitrogen and oxygen atoms in total. The smallest absolute Gasteiger partial charge is 0.141 e. The van der Waals surface area contributed by atoms with Gasteiger partial charge in [0.25, 0.3) is 0 Å². The summed E-state index contributed by atoms with van der Waals surface area (Å²) in [6, 6.07) is 12.4. The van der Waals surface area contributed by atoms with E-state index in [4.69, 9.17) is 28.5 Å². The van der Waals surface area contributed by atoms with Crippen molar-refractivity contribution in [3.63, 3.8) is 0 Å². The second kappa shape index (κ2) is 8.73. The number of rotatable bonds is 4. The average molecular weight is 401 g/mol. The minimum atomic E-state index is -0.479. The van der Waals surface area contributed by atoms with Crippen molar-refractivity contribution in [3.05, 3.63) is 63.4 Å². The summed E-state index contributed by atoms with van der Waals surface area (Å²) in [4.78, 5) is 2.15. The van der Waals surface area contributed by atoms with E-state index in [1.807, 2.05) is 18.2 Å². The molecule has 0 saturated carbocycles. The molecular weight excluding hydrogens is 384 g/mol. The predicted octanol–water partition coefficient (Wildman–Crippen LogP) is 4.79. The zero-order valence-corrected chi connectivity index (χ0v) is 15.6. The molecular formula is C18H17Cl3FN3. The number of hydrogen-bond donors (Lipinski definition) is 1. The van der Waals surface area contributed by atoms with Crippen LogP contribution in [0.3, 0.4) is 0 Å². The van der Waals surface area contributed by atoms with Crippen LogP contribution in [0.1, 0.15) is 17.5 Å². The summed E-state index contributed by atoms with van der Waals surface area (Å²) < 4.78 is 13.4. The lowest BCUT2D eigenvalue weighted by molar-refractivity contribution is 0.551. The van der Waals surface area contributed by atoms with E-state index in [9.17, 15) is 4.39 Å². The zero-order chi connectivity index (χ0) is 17.1. The van der Waals surface area contributed by atoms with Gasteiger partial charge in [-0.05, 0) is 42.3 Å². The zero-order valence-electron chi connectivity index (χ0n) is 13.3. The van der Waals surface area contributed by atoms with E-state index in [-0.39, 0.29) is 18.0 Å². The van der Waals surface area contributed by atoms with Crippen molar-refractivity contribution in [2.45, 2.75) is 19.0 Å². The Bertz CT molecular complexity index is 792. The van der Waals surface area contributed by atoms with Crippen LogP contribution in [-0.4, -0.2) is 19.1 Å². The van der Waals surface area contributed by atoms with Gasteiger partial charge in [0.15, 0.2) is 0 Å². The van der Waals surface area contributed by atoms with E-state index in [1.165, 1.54) is 6.07 Å². The number of nitrogens with one attached hydrogen (secondary N) is 1. The minimum absolute atomic E-state index is 0. The summed E-state index contributed by atoms with van der Waals surface area (Å²) in [7, 11) is 0. The van der Waals surface area contributed by atoms with Crippen molar-refractivity contribution in [2.75, 3.05) is 18.0 Å².